The van der Waals surface area contributed by atoms with Crippen LogP contribution in [0, 0.1) is 6.92 Å². The molecule has 2 aromatic heterocycles. The Labute approximate surface area is 128 Å². The summed E-state index contributed by atoms with van der Waals surface area (Å²) in [6.07, 6.45) is 0. The van der Waals surface area contributed by atoms with Crippen molar-refractivity contribution in [3.05, 3.63) is 40.0 Å². The number of methoxy groups -OCH3 is 1. The summed E-state index contributed by atoms with van der Waals surface area (Å²) in [4.78, 5) is 21.1. The van der Waals surface area contributed by atoms with Gasteiger partial charge in [-0.3, -0.25) is 0 Å². The summed E-state index contributed by atoms with van der Waals surface area (Å²) in [6.45, 7) is 6.87. The van der Waals surface area contributed by atoms with Gasteiger partial charge in [0.05, 0.1) is 7.11 Å². The van der Waals surface area contributed by atoms with Gasteiger partial charge in [-0.05, 0) is 18.4 Å². The molecule has 0 aliphatic carbocycles. The van der Waals surface area contributed by atoms with Gasteiger partial charge in [0.15, 0.2) is 0 Å². The van der Waals surface area contributed by atoms with Crippen LogP contribution in [0.2, 0.25) is 0 Å². The Bertz CT molecular complexity index is 624. The number of carbonyl (C=O) groups is 1. The van der Waals surface area contributed by atoms with Crippen molar-refractivity contribution in [2.24, 2.45) is 0 Å². The lowest BCUT2D eigenvalue weighted by Crippen LogP contribution is -2.27. The predicted octanol–water partition coefficient (Wildman–Crippen LogP) is 3.02. The Hall–Kier alpha value is -1.95. The van der Waals surface area contributed by atoms with Gasteiger partial charge in [0.2, 0.25) is 5.82 Å². The van der Waals surface area contributed by atoms with Crippen LogP contribution in [-0.4, -0.2) is 29.6 Å². The van der Waals surface area contributed by atoms with Crippen LogP contribution in [0.25, 0.3) is 0 Å². The van der Waals surface area contributed by atoms with E-state index in [1.807, 2.05) is 19.1 Å². The van der Waals surface area contributed by atoms with Crippen molar-refractivity contribution in [2.75, 3.05) is 19.0 Å². The zero-order valence-corrected chi connectivity index (χ0v) is 13.5. The van der Waals surface area contributed by atoms with Crippen molar-refractivity contribution in [1.29, 1.82) is 0 Å². The summed E-state index contributed by atoms with van der Waals surface area (Å²) in [5.74, 6) is 0.181. The van der Waals surface area contributed by atoms with Crippen LogP contribution in [-0.2, 0) is 10.2 Å². The number of carbonyl (C=O) groups excluding carboxylic acids is 1. The smallest absolute Gasteiger partial charge is 0.376 e. The first kappa shape index (κ1) is 15.4. The van der Waals surface area contributed by atoms with Gasteiger partial charge >= 0.3 is 5.97 Å². The number of thiophene rings is 1. The Kier molecular flexibility index (Phi) is 4.57. The van der Waals surface area contributed by atoms with Gasteiger partial charge in [-0.1, -0.05) is 19.9 Å². The third-order valence-corrected chi connectivity index (χ3v) is 4.36. The average Bonchev–Trinajstić information content (AvgIpc) is 2.99. The van der Waals surface area contributed by atoms with Gasteiger partial charge in [-0.2, -0.15) is 0 Å². The largest absolute Gasteiger partial charge is 0.463 e. The summed E-state index contributed by atoms with van der Waals surface area (Å²) < 4.78 is 4.66. The standard InChI is InChI=1S/C15H19N3O2S/c1-10-8-12(18-13(17-10)14(19)20-4)16-9-15(2,3)11-6-5-7-21-11/h5-8H,9H2,1-4H3,(H,16,17,18). The van der Waals surface area contributed by atoms with E-state index < -0.39 is 5.97 Å². The van der Waals surface area contributed by atoms with Crippen LogP contribution in [0.1, 0.15) is 35.0 Å². The van der Waals surface area contributed by atoms with E-state index in [1.165, 1.54) is 12.0 Å². The zero-order chi connectivity index (χ0) is 15.5. The van der Waals surface area contributed by atoms with Crippen LogP contribution >= 0.6 is 11.3 Å². The summed E-state index contributed by atoms with van der Waals surface area (Å²) >= 11 is 1.73. The highest BCUT2D eigenvalue weighted by atomic mass is 32.1. The molecule has 0 aliphatic rings. The highest BCUT2D eigenvalue weighted by molar-refractivity contribution is 7.10. The van der Waals surface area contributed by atoms with Crippen molar-refractivity contribution < 1.29 is 9.53 Å². The van der Waals surface area contributed by atoms with E-state index in [1.54, 1.807) is 11.3 Å². The molecule has 0 saturated carbocycles. The number of nitrogens with one attached hydrogen (secondary N) is 1. The maximum atomic E-state index is 11.5. The molecule has 2 rings (SSSR count). The second-order valence-electron chi connectivity index (χ2n) is 5.42. The highest BCUT2D eigenvalue weighted by Gasteiger charge is 2.22. The average molecular weight is 305 g/mol. The summed E-state index contributed by atoms with van der Waals surface area (Å²) in [6, 6.07) is 5.99. The van der Waals surface area contributed by atoms with E-state index in [2.05, 4.69) is 45.3 Å². The second kappa shape index (κ2) is 6.22. The molecule has 0 bridgehead atoms. The van der Waals surface area contributed by atoms with Crippen molar-refractivity contribution >= 4 is 23.1 Å². The summed E-state index contributed by atoms with van der Waals surface area (Å²) in [5.41, 5.74) is 0.708. The first-order chi connectivity index (χ1) is 9.92. The summed E-state index contributed by atoms with van der Waals surface area (Å²) in [5, 5.41) is 5.35. The number of rotatable bonds is 5. The fourth-order valence-corrected chi connectivity index (χ4v) is 2.76. The molecular formula is C15H19N3O2S. The van der Waals surface area contributed by atoms with Gasteiger partial charge in [-0.15, -0.1) is 11.3 Å². The SMILES string of the molecule is COC(=O)c1nc(C)cc(NCC(C)(C)c2cccs2)n1. The molecule has 2 heterocycles. The normalized spacial score (nSPS) is 11.2. The molecule has 6 heteroatoms. The number of anilines is 1. The number of aromatic nitrogens is 2. The van der Waals surface area contributed by atoms with E-state index in [9.17, 15) is 4.79 Å². The molecule has 0 spiro atoms. The Morgan fingerprint density at radius 1 is 1.43 bits per heavy atom. The van der Waals surface area contributed by atoms with E-state index in [0.717, 1.165) is 5.69 Å². The molecule has 0 unspecified atom stereocenters. The second-order valence-corrected chi connectivity index (χ2v) is 6.37. The highest BCUT2D eigenvalue weighted by Crippen LogP contribution is 2.27. The lowest BCUT2D eigenvalue weighted by Gasteiger charge is -2.24. The fraction of sp³-hybridized carbons (Fsp3) is 0.400. The minimum absolute atomic E-state index is 0.0154. The monoisotopic (exact) mass is 305 g/mol. The fourth-order valence-electron chi connectivity index (χ4n) is 1.90. The molecule has 0 saturated heterocycles. The molecule has 112 valence electrons. The van der Waals surface area contributed by atoms with Crippen LogP contribution < -0.4 is 5.32 Å². The van der Waals surface area contributed by atoms with Gasteiger partial charge in [0.1, 0.15) is 5.82 Å². The van der Waals surface area contributed by atoms with Gasteiger partial charge in [0, 0.05) is 28.6 Å². The molecule has 5 nitrogen and oxygen atoms in total. The lowest BCUT2D eigenvalue weighted by molar-refractivity contribution is 0.0586. The number of esters is 1. The minimum Gasteiger partial charge on any atom is -0.463 e. The van der Waals surface area contributed by atoms with Crippen LogP contribution in [0.4, 0.5) is 5.82 Å². The first-order valence-corrected chi connectivity index (χ1v) is 7.52. The third-order valence-electron chi connectivity index (χ3n) is 3.12. The molecule has 0 aliphatic heterocycles. The summed E-state index contributed by atoms with van der Waals surface area (Å²) in [7, 11) is 1.32. The maximum absolute atomic E-state index is 11.5. The van der Waals surface area contributed by atoms with E-state index in [4.69, 9.17) is 0 Å². The Balaban J connectivity index is 2.13. The quantitative estimate of drug-likeness (QED) is 0.860. The van der Waals surface area contributed by atoms with Crippen molar-refractivity contribution in [3.63, 3.8) is 0 Å². The molecule has 0 aromatic carbocycles. The predicted molar refractivity (Wildman–Crippen MR) is 83.9 cm³/mol. The number of hydrogen-bond acceptors (Lipinski definition) is 6. The zero-order valence-electron chi connectivity index (χ0n) is 12.6. The maximum Gasteiger partial charge on any atom is 0.376 e. The molecular weight excluding hydrogens is 286 g/mol. The lowest BCUT2D eigenvalue weighted by atomic mass is 9.91. The Morgan fingerprint density at radius 3 is 2.81 bits per heavy atom. The van der Waals surface area contributed by atoms with Gasteiger partial charge in [-0.25, -0.2) is 14.8 Å². The number of hydrogen-bond donors (Lipinski definition) is 1. The van der Waals surface area contributed by atoms with Crippen molar-refractivity contribution in [1.82, 2.24) is 9.97 Å². The number of nitrogens with zero attached hydrogens (tertiary/aromatic N) is 2. The third kappa shape index (κ3) is 3.78. The molecule has 0 radical (unpaired) electrons. The van der Waals surface area contributed by atoms with E-state index in [-0.39, 0.29) is 11.2 Å². The number of aryl methyl sites for hydroxylation is 1. The Morgan fingerprint density at radius 2 is 2.19 bits per heavy atom. The molecule has 2 aromatic rings. The number of ether oxygens (including phenoxy) is 1. The van der Waals surface area contributed by atoms with E-state index in [0.29, 0.717) is 12.4 Å². The first-order valence-electron chi connectivity index (χ1n) is 6.64. The minimum atomic E-state index is -0.528. The topological polar surface area (TPSA) is 64.1 Å². The van der Waals surface area contributed by atoms with Crippen LogP contribution in [0.15, 0.2) is 23.6 Å². The van der Waals surface area contributed by atoms with Gasteiger partial charge in [0.25, 0.3) is 0 Å². The van der Waals surface area contributed by atoms with Crippen molar-refractivity contribution in [2.45, 2.75) is 26.2 Å². The molecule has 21 heavy (non-hydrogen) atoms. The van der Waals surface area contributed by atoms with Crippen LogP contribution in [0.3, 0.4) is 0 Å². The molecule has 0 atom stereocenters. The van der Waals surface area contributed by atoms with E-state index >= 15 is 0 Å². The van der Waals surface area contributed by atoms with Gasteiger partial charge < -0.3 is 10.1 Å². The molecule has 0 amide bonds. The van der Waals surface area contributed by atoms with Crippen LogP contribution in [0.5, 0.6) is 0 Å². The van der Waals surface area contributed by atoms with Crippen molar-refractivity contribution in [3.8, 4) is 0 Å². The molecule has 1 N–H and O–H groups in total. The molecule has 0 fully saturated rings.